The first-order valence-corrected chi connectivity index (χ1v) is 7.38. The Morgan fingerprint density at radius 3 is 2.32 bits per heavy atom. The molecule has 2 aromatic rings. The van der Waals surface area contributed by atoms with Crippen molar-refractivity contribution in [3.05, 3.63) is 64.2 Å². The zero-order valence-electron chi connectivity index (χ0n) is 11.5. The van der Waals surface area contributed by atoms with Crippen molar-refractivity contribution in [1.82, 2.24) is 0 Å². The Balaban J connectivity index is 1.77. The highest BCUT2D eigenvalue weighted by atomic mass is 32.2. The van der Waals surface area contributed by atoms with Crippen LogP contribution in [0.15, 0.2) is 53.4 Å². The van der Waals surface area contributed by atoms with Gasteiger partial charge >= 0.3 is 5.97 Å². The summed E-state index contributed by atoms with van der Waals surface area (Å²) in [5.41, 5.74) is 0.284. The first-order valence-electron chi connectivity index (χ1n) is 6.39. The Morgan fingerprint density at radius 1 is 1.14 bits per heavy atom. The van der Waals surface area contributed by atoms with E-state index in [2.05, 4.69) is 0 Å². The van der Waals surface area contributed by atoms with E-state index < -0.39 is 10.9 Å². The lowest BCUT2D eigenvalue weighted by Gasteiger charge is -2.06. The summed E-state index contributed by atoms with van der Waals surface area (Å²) in [6.45, 7) is 0.452. The van der Waals surface area contributed by atoms with Gasteiger partial charge in [0.2, 0.25) is 0 Å². The number of ether oxygens (including phenoxy) is 1. The topological polar surface area (TPSA) is 89.7 Å². The van der Waals surface area contributed by atoms with E-state index in [0.717, 1.165) is 4.90 Å². The van der Waals surface area contributed by atoms with Crippen LogP contribution in [0.25, 0.3) is 0 Å². The highest BCUT2D eigenvalue weighted by Gasteiger charge is 2.04. The first kappa shape index (κ1) is 15.8. The summed E-state index contributed by atoms with van der Waals surface area (Å²) < 4.78 is 5.50. The molecule has 0 atom stereocenters. The van der Waals surface area contributed by atoms with E-state index in [-0.39, 0.29) is 11.3 Å². The number of aromatic carboxylic acids is 1. The molecule has 114 valence electrons. The summed E-state index contributed by atoms with van der Waals surface area (Å²) >= 11 is 1.53. The Kier molecular flexibility index (Phi) is 5.37. The number of carboxylic acids is 1. The quantitative estimate of drug-likeness (QED) is 0.364. The zero-order valence-corrected chi connectivity index (χ0v) is 12.3. The molecule has 6 nitrogen and oxygen atoms in total. The number of rotatable bonds is 7. The molecule has 22 heavy (non-hydrogen) atoms. The summed E-state index contributed by atoms with van der Waals surface area (Å²) in [6.07, 6.45) is 0. The molecule has 0 aliphatic carbocycles. The average molecular weight is 319 g/mol. The highest BCUT2D eigenvalue weighted by Crippen LogP contribution is 2.21. The van der Waals surface area contributed by atoms with Gasteiger partial charge in [-0.25, -0.2) is 4.79 Å². The lowest BCUT2D eigenvalue weighted by Crippen LogP contribution is -2.01. The van der Waals surface area contributed by atoms with E-state index in [9.17, 15) is 14.9 Å². The molecule has 0 aliphatic heterocycles. The number of nitrogens with zero attached hydrogens (tertiary/aromatic N) is 1. The minimum absolute atomic E-state index is 0.0686. The Labute approximate surface area is 130 Å². The molecule has 7 heteroatoms. The van der Waals surface area contributed by atoms with Gasteiger partial charge in [-0.15, -0.1) is 11.8 Å². The van der Waals surface area contributed by atoms with Crippen molar-refractivity contribution in [2.75, 3.05) is 12.4 Å². The van der Waals surface area contributed by atoms with Crippen molar-refractivity contribution in [3.63, 3.8) is 0 Å². The van der Waals surface area contributed by atoms with Gasteiger partial charge in [0.25, 0.3) is 5.69 Å². The monoisotopic (exact) mass is 319 g/mol. The van der Waals surface area contributed by atoms with Crippen molar-refractivity contribution in [2.45, 2.75) is 4.90 Å². The van der Waals surface area contributed by atoms with Gasteiger partial charge in [-0.2, -0.15) is 0 Å². The number of nitro benzene ring substituents is 1. The number of non-ortho nitro benzene ring substituents is 1. The molecule has 0 bridgehead atoms. The van der Waals surface area contributed by atoms with Crippen LogP contribution in [0.3, 0.4) is 0 Å². The minimum atomic E-state index is -0.972. The van der Waals surface area contributed by atoms with Crippen molar-refractivity contribution in [1.29, 1.82) is 0 Å². The van der Waals surface area contributed by atoms with Crippen LogP contribution >= 0.6 is 11.8 Å². The van der Waals surface area contributed by atoms with Crippen molar-refractivity contribution in [3.8, 4) is 5.75 Å². The van der Waals surface area contributed by atoms with Crippen LogP contribution in [0.4, 0.5) is 5.69 Å². The molecule has 0 heterocycles. The average Bonchev–Trinajstić information content (AvgIpc) is 2.52. The SMILES string of the molecule is O=C(O)c1ccc(OCCSc2ccc([N+](=O)[O-])cc2)cc1. The third-order valence-corrected chi connectivity index (χ3v) is 3.75. The molecule has 0 saturated carbocycles. The summed E-state index contributed by atoms with van der Waals surface area (Å²) in [5.74, 6) is 0.313. The van der Waals surface area contributed by atoms with E-state index in [1.54, 1.807) is 24.3 Å². The minimum Gasteiger partial charge on any atom is -0.493 e. The summed E-state index contributed by atoms with van der Waals surface area (Å²) in [5, 5.41) is 19.3. The van der Waals surface area contributed by atoms with E-state index >= 15 is 0 Å². The summed E-state index contributed by atoms with van der Waals surface area (Å²) in [4.78, 5) is 21.7. The highest BCUT2D eigenvalue weighted by molar-refractivity contribution is 7.99. The summed E-state index contributed by atoms with van der Waals surface area (Å²) in [7, 11) is 0. The number of hydrogen-bond donors (Lipinski definition) is 1. The van der Waals surface area contributed by atoms with Gasteiger partial charge in [-0.1, -0.05) is 0 Å². The Hall–Kier alpha value is -2.54. The fourth-order valence-electron chi connectivity index (χ4n) is 1.68. The predicted octanol–water partition coefficient (Wildman–Crippen LogP) is 3.46. The van der Waals surface area contributed by atoms with Crippen molar-refractivity contribution in [2.24, 2.45) is 0 Å². The van der Waals surface area contributed by atoms with Gasteiger partial charge in [0.1, 0.15) is 5.75 Å². The predicted molar refractivity (Wildman–Crippen MR) is 82.7 cm³/mol. The smallest absolute Gasteiger partial charge is 0.335 e. The molecule has 0 aliphatic rings. The molecule has 0 aromatic heterocycles. The van der Waals surface area contributed by atoms with Crippen LogP contribution in [-0.2, 0) is 0 Å². The number of nitro groups is 1. The van der Waals surface area contributed by atoms with Gasteiger partial charge < -0.3 is 9.84 Å². The number of hydrogen-bond acceptors (Lipinski definition) is 5. The van der Waals surface area contributed by atoms with Crippen molar-refractivity contribution < 1.29 is 19.6 Å². The molecule has 0 fully saturated rings. The van der Waals surface area contributed by atoms with Crippen molar-refractivity contribution >= 4 is 23.4 Å². The van der Waals surface area contributed by atoms with Gasteiger partial charge in [-0.05, 0) is 36.4 Å². The second-order valence-corrected chi connectivity index (χ2v) is 5.45. The third-order valence-electron chi connectivity index (χ3n) is 2.77. The number of carbonyl (C=O) groups is 1. The molecule has 2 aromatic carbocycles. The Bertz CT molecular complexity index is 595. The third kappa shape index (κ3) is 4.49. The molecule has 0 radical (unpaired) electrons. The second kappa shape index (κ2) is 7.46. The molecular formula is C15H13NO5S. The second-order valence-electron chi connectivity index (χ2n) is 4.28. The standard InChI is InChI=1S/C15H13NO5S/c17-15(18)11-1-5-13(6-2-11)21-9-10-22-14-7-3-12(4-8-14)16(19)20/h1-8H,9-10H2,(H,17,18). The van der Waals surface area contributed by atoms with Crippen LogP contribution in [0.2, 0.25) is 0 Å². The molecule has 2 rings (SSSR count). The molecule has 0 spiro atoms. The van der Waals surface area contributed by atoms with Gasteiger partial charge in [0.05, 0.1) is 17.1 Å². The maximum atomic E-state index is 10.7. The van der Waals surface area contributed by atoms with E-state index in [0.29, 0.717) is 18.1 Å². The molecular weight excluding hydrogens is 306 g/mol. The van der Waals surface area contributed by atoms with Gasteiger partial charge in [-0.3, -0.25) is 10.1 Å². The maximum Gasteiger partial charge on any atom is 0.335 e. The maximum absolute atomic E-state index is 10.7. The van der Waals surface area contributed by atoms with Gasteiger partial charge in [0, 0.05) is 22.8 Å². The fourth-order valence-corrected chi connectivity index (χ4v) is 2.41. The zero-order chi connectivity index (χ0) is 15.9. The van der Waals surface area contributed by atoms with Crippen LogP contribution in [0.5, 0.6) is 5.75 Å². The largest absolute Gasteiger partial charge is 0.493 e. The first-order chi connectivity index (χ1) is 10.6. The van der Waals surface area contributed by atoms with E-state index in [1.807, 2.05) is 0 Å². The number of carboxylic acid groups (broad SMARTS) is 1. The summed E-state index contributed by atoms with van der Waals surface area (Å²) in [6, 6.07) is 12.5. The van der Waals surface area contributed by atoms with Crippen LogP contribution in [-0.4, -0.2) is 28.4 Å². The van der Waals surface area contributed by atoms with Crippen LogP contribution in [0.1, 0.15) is 10.4 Å². The molecule has 0 saturated heterocycles. The lowest BCUT2D eigenvalue weighted by atomic mass is 10.2. The molecule has 0 unspecified atom stereocenters. The van der Waals surface area contributed by atoms with E-state index in [4.69, 9.17) is 9.84 Å². The van der Waals surface area contributed by atoms with Crippen LogP contribution < -0.4 is 4.74 Å². The van der Waals surface area contributed by atoms with E-state index in [1.165, 1.54) is 36.0 Å². The normalized spacial score (nSPS) is 10.2. The Morgan fingerprint density at radius 2 is 1.77 bits per heavy atom. The van der Waals surface area contributed by atoms with Crippen LogP contribution in [0, 0.1) is 10.1 Å². The number of benzene rings is 2. The fraction of sp³-hybridized carbons (Fsp3) is 0.133. The van der Waals surface area contributed by atoms with Gasteiger partial charge in [0.15, 0.2) is 0 Å². The number of thioether (sulfide) groups is 1. The molecule has 0 amide bonds. The lowest BCUT2D eigenvalue weighted by molar-refractivity contribution is -0.384. The molecule has 1 N–H and O–H groups in total.